The molecule has 2 aromatic carbocycles. The number of anilines is 2. The van der Waals surface area contributed by atoms with E-state index in [0.717, 1.165) is 5.75 Å². The molecule has 0 aliphatic rings. The third-order valence-corrected chi connectivity index (χ3v) is 3.24. The number of esters is 1. The molecule has 0 aliphatic heterocycles. The van der Waals surface area contributed by atoms with Crippen molar-refractivity contribution in [3.63, 3.8) is 0 Å². The molecule has 25 heavy (non-hydrogen) atoms. The second-order valence-electron chi connectivity index (χ2n) is 5.04. The van der Waals surface area contributed by atoms with E-state index in [1.54, 1.807) is 24.3 Å². The van der Waals surface area contributed by atoms with Crippen LogP contribution in [0.3, 0.4) is 0 Å². The van der Waals surface area contributed by atoms with Crippen molar-refractivity contribution in [1.82, 2.24) is 0 Å². The smallest absolute Gasteiger partial charge is 0.337 e. The number of methoxy groups -OCH3 is 1. The van der Waals surface area contributed by atoms with Gasteiger partial charge >= 0.3 is 5.97 Å². The maximum atomic E-state index is 12.0. The molecular formula is C18H20N2O5. The van der Waals surface area contributed by atoms with Crippen molar-refractivity contribution < 1.29 is 23.8 Å². The van der Waals surface area contributed by atoms with Gasteiger partial charge in [-0.3, -0.25) is 4.79 Å². The lowest BCUT2D eigenvalue weighted by atomic mass is 10.2. The SMILES string of the molecule is CCOc1ccc(NC(=O)COc2cc(C(=O)OC)ccc2N)cc1. The van der Waals surface area contributed by atoms with Gasteiger partial charge in [-0.15, -0.1) is 0 Å². The third-order valence-electron chi connectivity index (χ3n) is 3.24. The third kappa shape index (κ3) is 5.13. The zero-order valence-corrected chi connectivity index (χ0v) is 14.1. The lowest BCUT2D eigenvalue weighted by Crippen LogP contribution is -2.20. The number of carbonyl (C=O) groups excluding carboxylic acids is 2. The zero-order valence-electron chi connectivity index (χ0n) is 14.1. The number of hydrogen-bond acceptors (Lipinski definition) is 6. The Hall–Kier alpha value is -3.22. The second-order valence-corrected chi connectivity index (χ2v) is 5.04. The summed E-state index contributed by atoms with van der Waals surface area (Å²) in [4.78, 5) is 23.5. The summed E-state index contributed by atoms with van der Waals surface area (Å²) in [6.07, 6.45) is 0. The molecule has 7 heteroatoms. The van der Waals surface area contributed by atoms with Crippen molar-refractivity contribution in [2.24, 2.45) is 0 Å². The molecule has 0 radical (unpaired) electrons. The van der Waals surface area contributed by atoms with Crippen LogP contribution in [0.4, 0.5) is 11.4 Å². The Morgan fingerprint density at radius 1 is 1.08 bits per heavy atom. The Morgan fingerprint density at radius 3 is 2.44 bits per heavy atom. The summed E-state index contributed by atoms with van der Waals surface area (Å²) in [7, 11) is 1.28. The van der Waals surface area contributed by atoms with Crippen LogP contribution in [0.1, 0.15) is 17.3 Å². The molecular weight excluding hydrogens is 324 g/mol. The number of hydrogen-bond donors (Lipinski definition) is 2. The predicted molar refractivity (Wildman–Crippen MR) is 93.9 cm³/mol. The predicted octanol–water partition coefficient (Wildman–Crippen LogP) is 2.47. The van der Waals surface area contributed by atoms with Crippen LogP contribution in [0.25, 0.3) is 0 Å². The highest BCUT2D eigenvalue weighted by Gasteiger charge is 2.11. The molecule has 0 heterocycles. The first kappa shape index (κ1) is 18.1. The molecule has 0 saturated carbocycles. The summed E-state index contributed by atoms with van der Waals surface area (Å²) >= 11 is 0. The second kappa shape index (κ2) is 8.58. The lowest BCUT2D eigenvalue weighted by molar-refractivity contribution is -0.118. The first-order valence-corrected chi connectivity index (χ1v) is 7.66. The van der Waals surface area contributed by atoms with E-state index in [-0.39, 0.29) is 18.3 Å². The van der Waals surface area contributed by atoms with Crippen LogP contribution in [0, 0.1) is 0 Å². The molecule has 0 aromatic heterocycles. The van der Waals surface area contributed by atoms with Crippen molar-refractivity contribution in [1.29, 1.82) is 0 Å². The fourth-order valence-electron chi connectivity index (χ4n) is 2.05. The van der Waals surface area contributed by atoms with E-state index in [9.17, 15) is 9.59 Å². The van der Waals surface area contributed by atoms with Gasteiger partial charge in [0.05, 0.1) is 25.0 Å². The van der Waals surface area contributed by atoms with Gasteiger partial charge in [-0.2, -0.15) is 0 Å². The van der Waals surface area contributed by atoms with E-state index >= 15 is 0 Å². The highest BCUT2D eigenvalue weighted by Crippen LogP contribution is 2.23. The molecule has 0 spiro atoms. The van der Waals surface area contributed by atoms with Crippen LogP contribution in [-0.4, -0.2) is 32.2 Å². The van der Waals surface area contributed by atoms with Gasteiger partial charge in [0.2, 0.25) is 0 Å². The normalized spacial score (nSPS) is 10.0. The van der Waals surface area contributed by atoms with Gasteiger partial charge in [-0.1, -0.05) is 0 Å². The monoisotopic (exact) mass is 344 g/mol. The molecule has 132 valence electrons. The van der Waals surface area contributed by atoms with Crippen molar-refractivity contribution >= 4 is 23.3 Å². The fraction of sp³-hybridized carbons (Fsp3) is 0.222. The molecule has 0 saturated heterocycles. The van der Waals surface area contributed by atoms with Gasteiger partial charge in [0.1, 0.15) is 11.5 Å². The number of benzene rings is 2. The van der Waals surface area contributed by atoms with Gasteiger partial charge < -0.3 is 25.3 Å². The number of nitrogens with two attached hydrogens (primary N) is 1. The van der Waals surface area contributed by atoms with Crippen molar-refractivity contribution in [2.75, 3.05) is 31.4 Å². The summed E-state index contributed by atoms with van der Waals surface area (Å²) in [5.41, 5.74) is 7.02. The van der Waals surface area contributed by atoms with Crippen molar-refractivity contribution in [3.8, 4) is 11.5 Å². The van der Waals surface area contributed by atoms with Gasteiger partial charge in [0.15, 0.2) is 6.61 Å². The van der Waals surface area contributed by atoms with Crippen LogP contribution >= 0.6 is 0 Å². The standard InChI is InChI=1S/C18H20N2O5/c1-3-24-14-7-5-13(6-8-14)20-17(21)11-25-16-10-12(18(22)23-2)4-9-15(16)19/h4-10H,3,11,19H2,1-2H3,(H,20,21). The quantitative estimate of drug-likeness (QED) is 0.591. The van der Waals surface area contributed by atoms with E-state index in [0.29, 0.717) is 23.5 Å². The molecule has 7 nitrogen and oxygen atoms in total. The van der Waals surface area contributed by atoms with E-state index in [2.05, 4.69) is 10.1 Å². The van der Waals surface area contributed by atoms with Gasteiger partial charge in [-0.05, 0) is 49.4 Å². The number of ether oxygens (including phenoxy) is 3. The topological polar surface area (TPSA) is 99.9 Å². The number of amides is 1. The summed E-state index contributed by atoms with van der Waals surface area (Å²) in [6, 6.07) is 11.5. The summed E-state index contributed by atoms with van der Waals surface area (Å²) < 4.78 is 15.4. The summed E-state index contributed by atoms with van der Waals surface area (Å²) in [5.74, 6) is 0.101. The van der Waals surface area contributed by atoms with Gasteiger partial charge in [0, 0.05) is 5.69 Å². The Morgan fingerprint density at radius 2 is 1.80 bits per heavy atom. The van der Waals surface area contributed by atoms with Crippen LogP contribution in [0.2, 0.25) is 0 Å². The molecule has 0 bridgehead atoms. The Labute approximate surface area is 145 Å². The van der Waals surface area contributed by atoms with Crippen molar-refractivity contribution in [2.45, 2.75) is 6.92 Å². The molecule has 0 fully saturated rings. The summed E-state index contributed by atoms with van der Waals surface area (Å²) in [5, 5.41) is 2.70. The first-order valence-electron chi connectivity index (χ1n) is 7.66. The number of nitrogens with one attached hydrogen (secondary N) is 1. The summed E-state index contributed by atoms with van der Waals surface area (Å²) in [6.45, 7) is 2.22. The maximum absolute atomic E-state index is 12.0. The van der Waals surface area contributed by atoms with E-state index in [1.165, 1.54) is 25.3 Å². The van der Waals surface area contributed by atoms with Gasteiger partial charge in [0.25, 0.3) is 5.91 Å². The molecule has 2 rings (SSSR count). The molecule has 2 aromatic rings. The molecule has 0 atom stereocenters. The largest absolute Gasteiger partial charge is 0.494 e. The minimum Gasteiger partial charge on any atom is -0.494 e. The van der Waals surface area contributed by atoms with Crippen LogP contribution in [0.15, 0.2) is 42.5 Å². The van der Waals surface area contributed by atoms with E-state index < -0.39 is 5.97 Å². The number of rotatable bonds is 7. The molecule has 0 aliphatic carbocycles. The van der Waals surface area contributed by atoms with Crippen LogP contribution in [0.5, 0.6) is 11.5 Å². The minimum absolute atomic E-state index is 0.241. The Kier molecular flexibility index (Phi) is 6.22. The zero-order chi connectivity index (χ0) is 18.2. The van der Waals surface area contributed by atoms with Gasteiger partial charge in [-0.25, -0.2) is 4.79 Å². The van der Waals surface area contributed by atoms with Crippen LogP contribution in [-0.2, 0) is 9.53 Å². The number of carbonyl (C=O) groups is 2. The molecule has 1 amide bonds. The highest BCUT2D eigenvalue weighted by atomic mass is 16.5. The first-order chi connectivity index (χ1) is 12.0. The highest BCUT2D eigenvalue weighted by molar-refractivity contribution is 5.92. The number of nitrogen functional groups attached to an aromatic ring is 1. The van der Waals surface area contributed by atoms with Crippen LogP contribution < -0.4 is 20.5 Å². The average Bonchev–Trinajstić information content (AvgIpc) is 2.62. The van der Waals surface area contributed by atoms with E-state index in [1.807, 2.05) is 6.92 Å². The Bertz CT molecular complexity index is 744. The molecule has 0 unspecified atom stereocenters. The minimum atomic E-state index is -0.510. The maximum Gasteiger partial charge on any atom is 0.337 e. The van der Waals surface area contributed by atoms with Crippen molar-refractivity contribution in [3.05, 3.63) is 48.0 Å². The Balaban J connectivity index is 1.94. The van der Waals surface area contributed by atoms with E-state index in [4.69, 9.17) is 15.2 Å². The molecule has 3 N–H and O–H groups in total. The fourth-order valence-corrected chi connectivity index (χ4v) is 2.05. The lowest BCUT2D eigenvalue weighted by Gasteiger charge is -2.11. The average molecular weight is 344 g/mol.